The summed E-state index contributed by atoms with van der Waals surface area (Å²) in [5, 5.41) is 3.39. The van der Waals surface area contributed by atoms with Gasteiger partial charge in [-0.2, -0.15) is 0 Å². The number of oxazole rings is 1. The molecule has 0 spiro atoms. The van der Waals surface area contributed by atoms with Gasteiger partial charge >= 0.3 is 0 Å². The van der Waals surface area contributed by atoms with Crippen molar-refractivity contribution in [3.63, 3.8) is 0 Å². The van der Waals surface area contributed by atoms with Crippen LogP contribution in [0.3, 0.4) is 0 Å². The third-order valence-electron chi connectivity index (χ3n) is 3.90. The van der Waals surface area contributed by atoms with Crippen LogP contribution >= 0.6 is 23.4 Å². The van der Waals surface area contributed by atoms with E-state index in [9.17, 15) is 4.79 Å². The van der Waals surface area contributed by atoms with Crippen LogP contribution in [0.1, 0.15) is 18.4 Å². The monoisotopic (exact) mass is 386 g/mol. The summed E-state index contributed by atoms with van der Waals surface area (Å²) < 4.78 is 5.66. The van der Waals surface area contributed by atoms with Gasteiger partial charge in [0.1, 0.15) is 5.76 Å². The SMILES string of the molecule is Cc1nc(-c2cccc(NC(=O)C(C)Sc3ccc(Cl)cc3)c2)oc1C. The predicted octanol–water partition coefficient (Wildman–Crippen LogP) is 5.73. The number of hydrogen-bond donors (Lipinski definition) is 1. The molecule has 0 saturated heterocycles. The molecule has 1 N–H and O–H groups in total. The molecule has 1 amide bonds. The number of amides is 1. The number of benzene rings is 2. The Morgan fingerprint density at radius 1 is 1.19 bits per heavy atom. The third-order valence-corrected chi connectivity index (χ3v) is 5.27. The number of anilines is 1. The van der Waals surface area contributed by atoms with E-state index in [1.807, 2.05) is 69.3 Å². The van der Waals surface area contributed by atoms with Gasteiger partial charge in [-0.3, -0.25) is 4.79 Å². The number of carbonyl (C=O) groups excluding carboxylic acids is 1. The Hall–Kier alpha value is -2.24. The number of aryl methyl sites for hydroxylation is 2. The molecule has 1 unspecified atom stereocenters. The van der Waals surface area contributed by atoms with E-state index < -0.39 is 0 Å². The molecule has 4 nitrogen and oxygen atoms in total. The molecule has 134 valence electrons. The molecule has 0 aliphatic heterocycles. The second-order valence-electron chi connectivity index (χ2n) is 5.94. The van der Waals surface area contributed by atoms with E-state index >= 15 is 0 Å². The van der Waals surface area contributed by atoms with Crippen molar-refractivity contribution in [2.75, 3.05) is 5.32 Å². The average molecular weight is 387 g/mol. The van der Waals surface area contributed by atoms with E-state index in [1.165, 1.54) is 11.8 Å². The minimum absolute atomic E-state index is 0.0677. The Balaban J connectivity index is 1.69. The third kappa shape index (κ3) is 4.48. The van der Waals surface area contributed by atoms with Crippen LogP contribution in [0.4, 0.5) is 5.69 Å². The van der Waals surface area contributed by atoms with Crippen molar-refractivity contribution >= 4 is 35.0 Å². The van der Waals surface area contributed by atoms with Crippen molar-refractivity contribution in [3.8, 4) is 11.5 Å². The van der Waals surface area contributed by atoms with E-state index in [0.29, 0.717) is 16.6 Å². The lowest BCUT2D eigenvalue weighted by molar-refractivity contribution is -0.115. The fraction of sp³-hybridized carbons (Fsp3) is 0.200. The van der Waals surface area contributed by atoms with Crippen molar-refractivity contribution < 1.29 is 9.21 Å². The van der Waals surface area contributed by atoms with Gasteiger partial charge in [-0.15, -0.1) is 11.8 Å². The minimum Gasteiger partial charge on any atom is -0.441 e. The van der Waals surface area contributed by atoms with Gasteiger partial charge in [0.2, 0.25) is 11.8 Å². The van der Waals surface area contributed by atoms with Crippen LogP contribution in [0.25, 0.3) is 11.5 Å². The minimum atomic E-state index is -0.244. The molecule has 0 saturated carbocycles. The molecule has 1 atom stereocenters. The lowest BCUT2D eigenvalue weighted by Gasteiger charge is -2.12. The summed E-state index contributed by atoms with van der Waals surface area (Å²) in [5.74, 6) is 1.28. The molecule has 3 rings (SSSR count). The zero-order chi connectivity index (χ0) is 18.7. The summed E-state index contributed by atoms with van der Waals surface area (Å²) in [6.45, 7) is 5.66. The predicted molar refractivity (Wildman–Crippen MR) is 107 cm³/mol. The van der Waals surface area contributed by atoms with Crippen molar-refractivity contribution in [1.29, 1.82) is 0 Å². The molecule has 2 aromatic carbocycles. The highest BCUT2D eigenvalue weighted by molar-refractivity contribution is 8.00. The van der Waals surface area contributed by atoms with Crippen LogP contribution in [0.15, 0.2) is 57.8 Å². The molecule has 0 aliphatic carbocycles. The van der Waals surface area contributed by atoms with Crippen LogP contribution in [0.5, 0.6) is 0 Å². The number of rotatable bonds is 5. The van der Waals surface area contributed by atoms with Crippen LogP contribution in [0, 0.1) is 13.8 Å². The van der Waals surface area contributed by atoms with Gasteiger partial charge in [0.05, 0.1) is 10.9 Å². The maximum atomic E-state index is 12.5. The van der Waals surface area contributed by atoms with Crippen molar-refractivity contribution in [2.24, 2.45) is 0 Å². The van der Waals surface area contributed by atoms with Crippen LogP contribution in [-0.2, 0) is 4.79 Å². The van der Waals surface area contributed by atoms with Gasteiger partial charge in [-0.05, 0) is 63.2 Å². The van der Waals surface area contributed by atoms with Crippen LogP contribution in [-0.4, -0.2) is 16.1 Å². The summed E-state index contributed by atoms with van der Waals surface area (Å²) in [6.07, 6.45) is 0. The first-order chi connectivity index (χ1) is 12.4. The van der Waals surface area contributed by atoms with Gasteiger partial charge in [0, 0.05) is 21.2 Å². The smallest absolute Gasteiger partial charge is 0.237 e. The van der Waals surface area contributed by atoms with Crippen molar-refractivity contribution in [1.82, 2.24) is 4.98 Å². The van der Waals surface area contributed by atoms with Crippen molar-refractivity contribution in [3.05, 3.63) is 65.0 Å². The molecular weight excluding hydrogens is 368 g/mol. The molecule has 6 heteroatoms. The summed E-state index contributed by atoms with van der Waals surface area (Å²) in [6, 6.07) is 14.9. The molecule has 0 fully saturated rings. The summed E-state index contributed by atoms with van der Waals surface area (Å²) in [4.78, 5) is 17.9. The second-order valence-corrected chi connectivity index (χ2v) is 7.80. The first kappa shape index (κ1) is 18.5. The first-order valence-electron chi connectivity index (χ1n) is 8.20. The number of carbonyl (C=O) groups is 1. The molecule has 0 radical (unpaired) electrons. The average Bonchev–Trinajstić information content (AvgIpc) is 2.96. The zero-order valence-corrected chi connectivity index (χ0v) is 16.3. The normalized spacial score (nSPS) is 12.0. The molecule has 26 heavy (non-hydrogen) atoms. The Morgan fingerprint density at radius 3 is 2.58 bits per heavy atom. The van der Waals surface area contributed by atoms with Gasteiger partial charge in [-0.25, -0.2) is 4.98 Å². The topological polar surface area (TPSA) is 55.1 Å². The second kappa shape index (κ2) is 7.98. The molecule has 1 aromatic heterocycles. The van der Waals surface area contributed by atoms with Gasteiger partial charge < -0.3 is 9.73 Å². The quantitative estimate of drug-likeness (QED) is 0.569. The number of hydrogen-bond acceptors (Lipinski definition) is 4. The van der Waals surface area contributed by atoms with E-state index in [4.69, 9.17) is 16.0 Å². The summed E-state index contributed by atoms with van der Waals surface area (Å²) >= 11 is 7.38. The summed E-state index contributed by atoms with van der Waals surface area (Å²) in [7, 11) is 0. The number of nitrogens with one attached hydrogen (secondary N) is 1. The van der Waals surface area contributed by atoms with Gasteiger partial charge in [0.25, 0.3) is 0 Å². The highest BCUT2D eigenvalue weighted by Gasteiger charge is 2.15. The zero-order valence-electron chi connectivity index (χ0n) is 14.7. The molecule has 3 aromatic rings. The maximum absolute atomic E-state index is 12.5. The fourth-order valence-corrected chi connectivity index (χ4v) is 3.33. The Bertz CT molecular complexity index is 902. The van der Waals surface area contributed by atoms with Crippen LogP contribution < -0.4 is 5.32 Å². The Morgan fingerprint density at radius 2 is 1.92 bits per heavy atom. The maximum Gasteiger partial charge on any atom is 0.237 e. The summed E-state index contributed by atoms with van der Waals surface area (Å²) in [5.41, 5.74) is 2.41. The standard InChI is InChI=1S/C20H19ClN2O2S/c1-12-13(2)25-20(22-12)15-5-4-6-17(11-15)23-19(24)14(3)26-18-9-7-16(21)8-10-18/h4-11,14H,1-3H3,(H,23,24). The number of thioether (sulfide) groups is 1. The van der Waals surface area contributed by atoms with Gasteiger partial charge in [-0.1, -0.05) is 17.7 Å². The van der Waals surface area contributed by atoms with Gasteiger partial charge in [0.15, 0.2) is 0 Å². The fourth-order valence-electron chi connectivity index (χ4n) is 2.34. The largest absolute Gasteiger partial charge is 0.441 e. The Kier molecular flexibility index (Phi) is 5.69. The first-order valence-corrected chi connectivity index (χ1v) is 9.45. The van der Waals surface area contributed by atoms with Crippen molar-refractivity contribution in [2.45, 2.75) is 30.9 Å². The van der Waals surface area contributed by atoms with E-state index in [1.54, 1.807) is 0 Å². The highest BCUT2D eigenvalue weighted by atomic mass is 35.5. The molecular formula is C20H19ClN2O2S. The Labute approximate surface area is 162 Å². The molecule has 0 aliphatic rings. The van der Waals surface area contributed by atoms with E-state index in [-0.39, 0.29) is 11.2 Å². The number of halogens is 1. The lowest BCUT2D eigenvalue weighted by Crippen LogP contribution is -2.22. The molecule has 1 heterocycles. The number of nitrogens with zero attached hydrogens (tertiary/aromatic N) is 1. The lowest BCUT2D eigenvalue weighted by atomic mass is 10.2. The van der Waals surface area contributed by atoms with Crippen LogP contribution in [0.2, 0.25) is 5.02 Å². The van der Waals surface area contributed by atoms with E-state index in [2.05, 4.69) is 10.3 Å². The molecule has 0 bridgehead atoms. The number of aromatic nitrogens is 1. The highest BCUT2D eigenvalue weighted by Crippen LogP contribution is 2.27. The van der Waals surface area contributed by atoms with E-state index in [0.717, 1.165) is 21.9 Å².